The summed E-state index contributed by atoms with van der Waals surface area (Å²) in [5.41, 5.74) is 0. The zero-order valence-electron chi connectivity index (χ0n) is 10.0. The molecule has 94 valence electrons. The summed E-state index contributed by atoms with van der Waals surface area (Å²) >= 11 is 0. The molecule has 1 aliphatic heterocycles. The van der Waals surface area contributed by atoms with Gasteiger partial charge in [-0.1, -0.05) is 0 Å². The molecule has 1 aliphatic carbocycles. The first-order valence-corrected chi connectivity index (χ1v) is 6.53. The molecule has 0 radical (unpaired) electrons. The van der Waals surface area contributed by atoms with Gasteiger partial charge >= 0.3 is 0 Å². The average Bonchev–Trinajstić information content (AvgIpc) is 2.27. The number of nitrogens with zero attached hydrogens (tertiary/aromatic N) is 1. The quantitative estimate of drug-likeness (QED) is 0.632. The van der Waals surface area contributed by atoms with E-state index in [-0.39, 0.29) is 6.10 Å². The molecule has 1 saturated heterocycles. The van der Waals surface area contributed by atoms with Gasteiger partial charge in [-0.15, -0.1) is 0 Å². The molecule has 2 N–H and O–H groups in total. The summed E-state index contributed by atoms with van der Waals surface area (Å²) in [5.74, 6) is 0.721. The number of ether oxygens (including phenoxy) is 1. The van der Waals surface area contributed by atoms with Gasteiger partial charge in [0.1, 0.15) is 0 Å². The fourth-order valence-electron chi connectivity index (χ4n) is 2.43. The van der Waals surface area contributed by atoms with E-state index in [0.717, 1.165) is 58.2 Å². The van der Waals surface area contributed by atoms with Gasteiger partial charge in [0.2, 0.25) is 0 Å². The summed E-state index contributed by atoms with van der Waals surface area (Å²) in [4.78, 5) is 2.47. The van der Waals surface area contributed by atoms with Gasteiger partial charge in [0.05, 0.1) is 19.3 Å². The number of hydrogen-bond donors (Lipinski definition) is 2. The maximum Gasteiger partial charge on any atom is 0.0594 e. The first-order valence-electron chi connectivity index (χ1n) is 6.53. The molecule has 0 spiro atoms. The smallest absolute Gasteiger partial charge is 0.0594 e. The molecule has 1 saturated carbocycles. The molecule has 2 rings (SSSR count). The predicted molar refractivity (Wildman–Crippen MR) is 63.5 cm³/mol. The van der Waals surface area contributed by atoms with Crippen LogP contribution in [-0.2, 0) is 4.74 Å². The van der Waals surface area contributed by atoms with Gasteiger partial charge in [-0.2, -0.15) is 0 Å². The molecule has 2 aliphatic rings. The average molecular weight is 228 g/mol. The van der Waals surface area contributed by atoms with Gasteiger partial charge in [0.15, 0.2) is 0 Å². The van der Waals surface area contributed by atoms with Gasteiger partial charge in [-0.05, 0) is 44.8 Å². The van der Waals surface area contributed by atoms with E-state index in [1.165, 1.54) is 13.0 Å². The highest BCUT2D eigenvalue weighted by molar-refractivity contribution is 4.80. The third-order valence-corrected chi connectivity index (χ3v) is 3.58. The Kier molecular flexibility index (Phi) is 5.03. The van der Waals surface area contributed by atoms with Crippen LogP contribution in [0.2, 0.25) is 0 Å². The highest BCUT2D eigenvalue weighted by Gasteiger charge is 2.26. The van der Waals surface area contributed by atoms with Crippen molar-refractivity contribution in [3.8, 4) is 0 Å². The number of nitrogens with one attached hydrogen (secondary N) is 1. The molecule has 0 bridgehead atoms. The summed E-state index contributed by atoms with van der Waals surface area (Å²) < 4.78 is 5.31. The van der Waals surface area contributed by atoms with Crippen LogP contribution in [0, 0.1) is 5.92 Å². The second kappa shape index (κ2) is 6.55. The van der Waals surface area contributed by atoms with Crippen molar-refractivity contribution in [3.63, 3.8) is 0 Å². The van der Waals surface area contributed by atoms with E-state index >= 15 is 0 Å². The van der Waals surface area contributed by atoms with Crippen molar-refractivity contribution >= 4 is 0 Å². The Morgan fingerprint density at radius 2 is 2.00 bits per heavy atom. The van der Waals surface area contributed by atoms with Gasteiger partial charge in [0.25, 0.3) is 0 Å². The first-order chi connectivity index (χ1) is 7.84. The maximum atomic E-state index is 9.14. The monoisotopic (exact) mass is 228 g/mol. The zero-order valence-corrected chi connectivity index (χ0v) is 10.0. The van der Waals surface area contributed by atoms with Crippen LogP contribution in [0.1, 0.15) is 19.3 Å². The van der Waals surface area contributed by atoms with Crippen LogP contribution < -0.4 is 5.32 Å². The van der Waals surface area contributed by atoms with Crippen molar-refractivity contribution in [1.82, 2.24) is 10.2 Å². The zero-order chi connectivity index (χ0) is 11.2. The van der Waals surface area contributed by atoms with Crippen molar-refractivity contribution in [1.29, 1.82) is 0 Å². The minimum absolute atomic E-state index is 0.0138. The van der Waals surface area contributed by atoms with Gasteiger partial charge in [0, 0.05) is 13.1 Å². The second-order valence-electron chi connectivity index (χ2n) is 5.00. The summed E-state index contributed by atoms with van der Waals surface area (Å²) in [7, 11) is 0. The van der Waals surface area contributed by atoms with E-state index in [4.69, 9.17) is 9.84 Å². The maximum absolute atomic E-state index is 9.14. The summed E-state index contributed by atoms with van der Waals surface area (Å²) in [5, 5.41) is 12.6. The van der Waals surface area contributed by atoms with Crippen LogP contribution in [0.5, 0.6) is 0 Å². The van der Waals surface area contributed by atoms with Crippen LogP contribution >= 0.6 is 0 Å². The van der Waals surface area contributed by atoms with E-state index in [2.05, 4.69) is 10.2 Å². The molecule has 0 aromatic carbocycles. The Balaban J connectivity index is 1.40. The van der Waals surface area contributed by atoms with Crippen molar-refractivity contribution < 1.29 is 9.84 Å². The first kappa shape index (κ1) is 12.3. The Bertz CT molecular complexity index is 189. The van der Waals surface area contributed by atoms with Crippen LogP contribution in [0.4, 0.5) is 0 Å². The molecular weight excluding hydrogens is 204 g/mol. The van der Waals surface area contributed by atoms with Crippen molar-refractivity contribution in [2.24, 2.45) is 5.92 Å². The summed E-state index contributed by atoms with van der Waals surface area (Å²) in [6, 6.07) is 0. The lowest BCUT2D eigenvalue weighted by Gasteiger charge is -2.31. The normalized spacial score (nSPS) is 31.3. The van der Waals surface area contributed by atoms with E-state index < -0.39 is 0 Å². The molecule has 4 nitrogen and oxygen atoms in total. The van der Waals surface area contributed by atoms with Crippen molar-refractivity contribution in [2.75, 3.05) is 45.9 Å². The standard InChI is InChI=1S/C12H24N2O2/c15-12-8-11(9-12)10-13-2-1-3-14-4-6-16-7-5-14/h11-13,15H,1-10H2. The predicted octanol–water partition coefficient (Wildman–Crippen LogP) is 0.0692. The van der Waals surface area contributed by atoms with Crippen LogP contribution in [-0.4, -0.2) is 62.0 Å². The largest absolute Gasteiger partial charge is 0.393 e. The number of morpholine rings is 1. The topological polar surface area (TPSA) is 44.7 Å². The number of hydrogen-bond acceptors (Lipinski definition) is 4. The third-order valence-electron chi connectivity index (χ3n) is 3.58. The van der Waals surface area contributed by atoms with Crippen LogP contribution in [0.3, 0.4) is 0 Å². The molecule has 4 heteroatoms. The lowest BCUT2D eigenvalue weighted by Crippen LogP contribution is -2.39. The SMILES string of the molecule is OC1CC(CNCCCN2CCOCC2)C1. The minimum atomic E-state index is -0.0138. The van der Waals surface area contributed by atoms with E-state index in [1.54, 1.807) is 0 Å². The highest BCUT2D eigenvalue weighted by atomic mass is 16.5. The Labute approximate surface area is 98.0 Å². The molecule has 16 heavy (non-hydrogen) atoms. The third kappa shape index (κ3) is 4.01. The van der Waals surface area contributed by atoms with Crippen LogP contribution in [0.15, 0.2) is 0 Å². The van der Waals surface area contributed by atoms with Crippen molar-refractivity contribution in [3.05, 3.63) is 0 Å². The summed E-state index contributed by atoms with van der Waals surface area (Å²) in [6.07, 6.45) is 3.20. The van der Waals surface area contributed by atoms with Gasteiger partial charge in [-0.3, -0.25) is 4.90 Å². The van der Waals surface area contributed by atoms with Crippen LogP contribution in [0.25, 0.3) is 0 Å². The fraction of sp³-hybridized carbons (Fsp3) is 1.00. The van der Waals surface area contributed by atoms with Gasteiger partial charge in [-0.25, -0.2) is 0 Å². The lowest BCUT2D eigenvalue weighted by atomic mass is 9.82. The van der Waals surface area contributed by atoms with Crippen molar-refractivity contribution in [2.45, 2.75) is 25.4 Å². The molecule has 0 aromatic rings. The number of rotatable bonds is 6. The highest BCUT2D eigenvalue weighted by Crippen LogP contribution is 2.25. The molecule has 1 heterocycles. The molecule has 0 unspecified atom stereocenters. The van der Waals surface area contributed by atoms with E-state index in [9.17, 15) is 0 Å². The van der Waals surface area contributed by atoms with Gasteiger partial charge < -0.3 is 15.2 Å². The fourth-order valence-corrected chi connectivity index (χ4v) is 2.43. The Hall–Kier alpha value is -0.160. The Morgan fingerprint density at radius 3 is 2.69 bits per heavy atom. The molecule has 0 aromatic heterocycles. The molecule has 0 amide bonds. The number of aliphatic hydroxyl groups excluding tert-OH is 1. The van der Waals surface area contributed by atoms with E-state index in [1.807, 2.05) is 0 Å². The second-order valence-corrected chi connectivity index (χ2v) is 5.00. The molecule has 0 atom stereocenters. The number of aliphatic hydroxyl groups is 1. The Morgan fingerprint density at radius 1 is 1.25 bits per heavy atom. The molecular formula is C12H24N2O2. The van der Waals surface area contributed by atoms with E-state index in [0.29, 0.717) is 0 Å². The minimum Gasteiger partial charge on any atom is -0.393 e. The summed E-state index contributed by atoms with van der Waals surface area (Å²) in [6.45, 7) is 7.35. The lowest BCUT2D eigenvalue weighted by molar-refractivity contribution is 0.0362. The molecule has 2 fully saturated rings.